The molecule has 0 bridgehead atoms. The predicted octanol–water partition coefficient (Wildman–Crippen LogP) is 4.48. The summed E-state index contributed by atoms with van der Waals surface area (Å²) in [6.07, 6.45) is 4.81. The normalized spacial score (nSPS) is 18.0. The third-order valence-corrected chi connectivity index (χ3v) is 5.81. The van der Waals surface area contributed by atoms with E-state index >= 15 is 0 Å². The second kappa shape index (κ2) is 7.47. The number of nitrogens with zero attached hydrogens (tertiary/aromatic N) is 1. The van der Waals surface area contributed by atoms with Crippen LogP contribution < -0.4 is 4.74 Å². The lowest BCUT2D eigenvalue weighted by Gasteiger charge is -2.44. The number of halogens is 1. The molecule has 2 aliphatic rings. The molecule has 0 aromatic heterocycles. The molecule has 150 valence electrons. The molecule has 29 heavy (non-hydrogen) atoms. The van der Waals surface area contributed by atoms with Crippen LogP contribution in [0.2, 0.25) is 0 Å². The lowest BCUT2D eigenvalue weighted by Crippen LogP contribution is -2.52. The minimum Gasteiger partial charge on any atom is -0.486 e. The number of benzene rings is 2. The number of hydrogen-bond acceptors (Lipinski definition) is 3. The molecular weight excluding hydrogens is 369 g/mol. The van der Waals surface area contributed by atoms with Gasteiger partial charge in [-0.15, -0.1) is 0 Å². The second-order valence-corrected chi connectivity index (χ2v) is 8.05. The summed E-state index contributed by atoms with van der Waals surface area (Å²) in [7, 11) is 0. The molecule has 4 nitrogen and oxygen atoms in total. The highest BCUT2D eigenvalue weighted by Gasteiger charge is 2.43. The van der Waals surface area contributed by atoms with Gasteiger partial charge >= 0.3 is 0 Å². The summed E-state index contributed by atoms with van der Waals surface area (Å²) in [5, 5.41) is 0. The van der Waals surface area contributed by atoms with E-state index in [0.717, 1.165) is 16.7 Å². The van der Waals surface area contributed by atoms with Crippen LogP contribution in [-0.4, -0.2) is 35.3 Å². The fourth-order valence-electron chi connectivity index (χ4n) is 4.28. The van der Waals surface area contributed by atoms with Gasteiger partial charge in [0.05, 0.1) is 12.0 Å². The number of ketones is 1. The van der Waals surface area contributed by atoms with Crippen molar-refractivity contribution in [1.82, 2.24) is 4.90 Å². The van der Waals surface area contributed by atoms with Crippen molar-refractivity contribution >= 4 is 17.8 Å². The van der Waals surface area contributed by atoms with Gasteiger partial charge < -0.3 is 9.64 Å². The van der Waals surface area contributed by atoms with Crippen LogP contribution in [0.4, 0.5) is 4.39 Å². The molecule has 2 aromatic rings. The smallest absolute Gasteiger partial charge is 0.246 e. The number of likely N-dealkylation sites (tertiary alicyclic amines) is 1. The first-order valence-electron chi connectivity index (χ1n) is 9.91. The minimum absolute atomic E-state index is 0.0848. The van der Waals surface area contributed by atoms with Crippen LogP contribution in [0.25, 0.3) is 6.08 Å². The van der Waals surface area contributed by atoms with E-state index in [1.54, 1.807) is 23.1 Å². The van der Waals surface area contributed by atoms with Crippen molar-refractivity contribution in [3.63, 3.8) is 0 Å². The van der Waals surface area contributed by atoms with E-state index in [1.165, 1.54) is 18.2 Å². The summed E-state index contributed by atoms with van der Waals surface area (Å²) < 4.78 is 19.3. The number of aryl methyl sites for hydroxylation is 2. The number of Topliss-reactive ketones (excluding diaryl/α,β-unsaturated/α-hetero) is 1. The lowest BCUT2D eigenvalue weighted by molar-refractivity contribution is -0.129. The van der Waals surface area contributed by atoms with Gasteiger partial charge in [-0.3, -0.25) is 9.59 Å². The molecule has 1 amide bonds. The van der Waals surface area contributed by atoms with Gasteiger partial charge in [0.25, 0.3) is 0 Å². The molecule has 0 N–H and O–H groups in total. The van der Waals surface area contributed by atoms with Crippen LogP contribution in [0.15, 0.2) is 42.5 Å². The van der Waals surface area contributed by atoms with Crippen LogP contribution >= 0.6 is 0 Å². The van der Waals surface area contributed by atoms with E-state index in [-0.39, 0.29) is 17.5 Å². The van der Waals surface area contributed by atoms with Crippen molar-refractivity contribution in [3.8, 4) is 5.75 Å². The Labute approximate surface area is 170 Å². The number of hydrogen-bond donors (Lipinski definition) is 0. The first-order chi connectivity index (χ1) is 13.8. The van der Waals surface area contributed by atoms with Gasteiger partial charge in [-0.05, 0) is 54.8 Å². The van der Waals surface area contributed by atoms with Gasteiger partial charge in [-0.25, -0.2) is 4.39 Å². The molecule has 0 radical (unpaired) electrons. The Hall–Kier alpha value is -2.95. The quantitative estimate of drug-likeness (QED) is 0.707. The molecule has 1 saturated heterocycles. The van der Waals surface area contributed by atoms with Crippen LogP contribution in [-0.2, 0) is 4.79 Å². The van der Waals surface area contributed by atoms with E-state index in [2.05, 4.69) is 0 Å². The highest BCUT2D eigenvalue weighted by molar-refractivity contribution is 6.02. The number of ether oxygens (including phenoxy) is 1. The van der Waals surface area contributed by atoms with Crippen LogP contribution in [0.5, 0.6) is 5.75 Å². The highest BCUT2D eigenvalue weighted by atomic mass is 19.1. The molecule has 0 atom stereocenters. The summed E-state index contributed by atoms with van der Waals surface area (Å²) in [6, 6.07) is 9.94. The lowest BCUT2D eigenvalue weighted by atomic mass is 9.81. The zero-order valence-electron chi connectivity index (χ0n) is 16.7. The average molecular weight is 393 g/mol. The third-order valence-electron chi connectivity index (χ3n) is 5.81. The Morgan fingerprint density at radius 3 is 2.52 bits per heavy atom. The van der Waals surface area contributed by atoms with Crippen molar-refractivity contribution in [1.29, 1.82) is 0 Å². The zero-order valence-corrected chi connectivity index (χ0v) is 16.7. The van der Waals surface area contributed by atoms with Gasteiger partial charge in [0.1, 0.15) is 17.2 Å². The Morgan fingerprint density at radius 2 is 1.83 bits per heavy atom. The van der Waals surface area contributed by atoms with E-state index in [0.29, 0.717) is 43.7 Å². The molecule has 5 heteroatoms. The summed E-state index contributed by atoms with van der Waals surface area (Å²) in [6.45, 7) is 5.02. The van der Waals surface area contributed by atoms with Crippen molar-refractivity contribution in [2.45, 2.75) is 38.7 Å². The Bertz CT molecular complexity index is 986. The van der Waals surface area contributed by atoms with E-state index in [9.17, 15) is 14.0 Å². The molecular formula is C24H24FNO3. The molecule has 2 aliphatic heterocycles. The maximum atomic E-state index is 13.0. The molecule has 1 fully saturated rings. The molecule has 0 unspecified atom stereocenters. The maximum Gasteiger partial charge on any atom is 0.246 e. The molecule has 2 heterocycles. The monoisotopic (exact) mass is 393 g/mol. The summed E-state index contributed by atoms with van der Waals surface area (Å²) >= 11 is 0. The summed E-state index contributed by atoms with van der Waals surface area (Å²) in [5.41, 5.74) is 2.98. The van der Waals surface area contributed by atoms with Gasteiger partial charge in [0, 0.05) is 32.0 Å². The first kappa shape index (κ1) is 19.4. The van der Waals surface area contributed by atoms with Crippen LogP contribution in [0.1, 0.15) is 46.3 Å². The van der Waals surface area contributed by atoms with Gasteiger partial charge in [-0.2, -0.15) is 0 Å². The highest BCUT2D eigenvalue weighted by Crippen LogP contribution is 2.41. The Balaban J connectivity index is 1.43. The van der Waals surface area contributed by atoms with Crippen molar-refractivity contribution in [3.05, 3.63) is 70.5 Å². The number of piperidine rings is 1. The molecule has 2 aromatic carbocycles. The van der Waals surface area contributed by atoms with Gasteiger partial charge in [0.15, 0.2) is 5.78 Å². The van der Waals surface area contributed by atoms with Crippen LogP contribution in [0.3, 0.4) is 0 Å². The molecule has 4 rings (SSSR count). The van der Waals surface area contributed by atoms with Gasteiger partial charge in [0.2, 0.25) is 5.91 Å². The predicted molar refractivity (Wildman–Crippen MR) is 109 cm³/mol. The van der Waals surface area contributed by atoms with Crippen molar-refractivity contribution in [2.24, 2.45) is 0 Å². The number of fused-ring (bicyclic) bond motifs is 1. The fraction of sp³-hybridized carbons (Fsp3) is 0.333. The minimum atomic E-state index is -0.526. The Morgan fingerprint density at radius 1 is 1.14 bits per heavy atom. The molecule has 1 spiro atoms. The second-order valence-electron chi connectivity index (χ2n) is 8.05. The standard InChI is InChI=1S/C24H24FNO3/c1-16-13-17(2)23-20(27)15-24(29-21(23)14-16)9-11-26(12-10-24)22(28)8-5-18-3-6-19(25)7-4-18/h3-8,13-14H,9-12,15H2,1-2H3/b8-5+. The molecule has 0 aliphatic carbocycles. The van der Waals surface area contributed by atoms with Crippen molar-refractivity contribution in [2.75, 3.05) is 13.1 Å². The Kier molecular flexibility index (Phi) is 4.99. The summed E-state index contributed by atoms with van der Waals surface area (Å²) in [4.78, 5) is 27.1. The zero-order chi connectivity index (χ0) is 20.6. The first-order valence-corrected chi connectivity index (χ1v) is 9.91. The van der Waals surface area contributed by atoms with Crippen molar-refractivity contribution < 1.29 is 18.7 Å². The number of amides is 1. The average Bonchev–Trinajstić information content (AvgIpc) is 2.67. The number of carbonyl (C=O) groups excluding carboxylic acids is 2. The number of carbonyl (C=O) groups is 2. The number of rotatable bonds is 2. The largest absolute Gasteiger partial charge is 0.486 e. The fourth-order valence-corrected chi connectivity index (χ4v) is 4.28. The van der Waals surface area contributed by atoms with E-state index in [1.807, 2.05) is 26.0 Å². The summed E-state index contributed by atoms with van der Waals surface area (Å²) in [5.74, 6) is 0.414. The maximum absolute atomic E-state index is 13.0. The van der Waals surface area contributed by atoms with E-state index < -0.39 is 5.60 Å². The SMILES string of the molecule is Cc1cc(C)c2c(c1)OC1(CCN(C(=O)/C=C/c3ccc(F)cc3)CC1)CC2=O. The molecule has 0 saturated carbocycles. The third kappa shape index (κ3) is 3.95. The topological polar surface area (TPSA) is 46.6 Å². The van der Waals surface area contributed by atoms with E-state index in [4.69, 9.17) is 4.74 Å². The van der Waals surface area contributed by atoms with Gasteiger partial charge in [-0.1, -0.05) is 18.2 Å². The van der Waals surface area contributed by atoms with Crippen LogP contribution in [0, 0.1) is 19.7 Å².